The van der Waals surface area contributed by atoms with Crippen molar-refractivity contribution in [2.75, 3.05) is 32.8 Å². The zero-order valence-corrected chi connectivity index (χ0v) is 12.5. The molecule has 3 heterocycles. The predicted molar refractivity (Wildman–Crippen MR) is 74.6 cm³/mol. The highest BCUT2D eigenvalue weighted by molar-refractivity contribution is 5.85. The standard InChI is InChI=1S/C13H16F3N3O2.ClH/c14-13(15,16)9-1-2-11(18-5-9)12(20)8-19-4-3-17-6-10(19)7-21-12;/h1-2,5,10,17,20H,3-4,6-8H2;1H/t10-,12-;/m0./s1. The number of piperazine rings is 1. The van der Waals surface area contributed by atoms with Crippen molar-refractivity contribution in [3.8, 4) is 0 Å². The first kappa shape index (κ1) is 17.4. The van der Waals surface area contributed by atoms with Crippen molar-refractivity contribution >= 4 is 12.4 Å². The minimum absolute atomic E-state index is 0. The average molecular weight is 340 g/mol. The van der Waals surface area contributed by atoms with E-state index in [1.54, 1.807) is 0 Å². The van der Waals surface area contributed by atoms with Gasteiger partial charge in [0.2, 0.25) is 5.79 Å². The van der Waals surface area contributed by atoms with E-state index in [4.69, 9.17) is 4.74 Å². The Morgan fingerprint density at radius 3 is 2.82 bits per heavy atom. The third-order valence-electron chi connectivity index (χ3n) is 3.90. The summed E-state index contributed by atoms with van der Waals surface area (Å²) < 4.78 is 43.1. The molecular weight excluding hydrogens is 323 g/mol. The topological polar surface area (TPSA) is 57.6 Å². The van der Waals surface area contributed by atoms with Gasteiger partial charge in [-0.25, -0.2) is 0 Å². The number of hydrogen-bond donors (Lipinski definition) is 2. The van der Waals surface area contributed by atoms with E-state index in [0.717, 1.165) is 31.9 Å². The fourth-order valence-electron chi connectivity index (χ4n) is 2.68. The van der Waals surface area contributed by atoms with Crippen LogP contribution in [-0.2, 0) is 16.7 Å². The van der Waals surface area contributed by atoms with Crippen molar-refractivity contribution in [2.45, 2.75) is 18.0 Å². The van der Waals surface area contributed by atoms with E-state index in [2.05, 4.69) is 15.2 Å². The second-order valence-corrected chi connectivity index (χ2v) is 5.35. The third kappa shape index (κ3) is 3.36. The first-order chi connectivity index (χ1) is 9.88. The van der Waals surface area contributed by atoms with E-state index in [-0.39, 0.29) is 30.7 Å². The number of aromatic nitrogens is 1. The molecule has 2 aliphatic rings. The van der Waals surface area contributed by atoms with Gasteiger partial charge in [-0.15, -0.1) is 12.4 Å². The fourth-order valence-corrected chi connectivity index (χ4v) is 2.68. The summed E-state index contributed by atoms with van der Waals surface area (Å²) in [4.78, 5) is 5.81. The summed E-state index contributed by atoms with van der Waals surface area (Å²) in [6.45, 7) is 2.87. The highest BCUT2D eigenvalue weighted by Gasteiger charge is 2.42. The molecule has 2 fully saturated rings. The van der Waals surface area contributed by atoms with Crippen LogP contribution in [0.5, 0.6) is 0 Å². The molecule has 2 saturated heterocycles. The number of pyridine rings is 1. The van der Waals surface area contributed by atoms with Crippen LogP contribution in [0.4, 0.5) is 13.2 Å². The molecule has 0 aromatic carbocycles. The van der Waals surface area contributed by atoms with E-state index in [1.807, 2.05) is 0 Å². The van der Waals surface area contributed by atoms with Crippen molar-refractivity contribution in [2.24, 2.45) is 0 Å². The molecule has 0 amide bonds. The molecule has 1 aromatic rings. The van der Waals surface area contributed by atoms with Crippen molar-refractivity contribution in [3.63, 3.8) is 0 Å². The van der Waals surface area contributed by atoms with Crippen LogP contribution in [0.15, 0.2) is 18.3 Å². The van der Waals surface area contributed by atoms with Crippen LogP contribution < -0.4 is 5.32 Å². The lowest BCUT2D eigenvalue weighted by Gasteiger charge is -2.45. The van der Waals surface area contributed by atoms with Gasteiger partial charge in [-0.2, -0.15) is 13.2 Å². The van der Waals surface area contributed by atoms with E-state index in [1.165, 1.54) is 6.07 Å². The summed E-state index contributed by atoms with van der Waals surface area (Å²) in [6.07, 6.45) is -3.72. The molecule has 0 aliphatic carbocycles. The number of ether oxygens (including phenoxy) is 1. The zero-order chi connectivity index (χ0) is 15.1. The van der Waals surface area contributed by atoms with Crippen molar-refractivity contribution < 1.29 is 23.0 Å². The van der Waals surface area contributed by atoms with Crippen LogP contribution in [0.2, 0.25) is 0 Å². The van der Waals surface area contributed by atoms with Gasteiger partial charge in [0.25, 0.3) is 0 Å². The molecule has 2 aliphatic heterocycles. The SMILES string of the molecule is Cl.O[C@@]1(c2ccc(C(F)(F)F)cn2)CN2CCNC[C@H]2CO1. The Hall–Kier alpha value is -0.930. The number of rotatable bonds is 1. The Morgan fingerprint density at radius 2 is 2.18 bits per heavy atom. The quantitative estimate of drug-likeness (QED) is 0.798. The first-order valence-electron chi connectivity index (χ1n) is 6.73. The van der Waals surface area contributed by atoms with Crippen LogP contribution in [0.1, 0.15) is 11.3 Å². The second-order valence-electron chi connectivity index (χ2n) is 5.35. The molecule has 9 heteroatoms. The summed E-state index contributed by atoms with van der Waals surface area (Å²) in [7, 11) is 0. The van der Waals surface area contributed by atoms with Gasteiger partial charge in [0, 0.05) is 31.9 Å². The largest absolute Gasteiger partial charge is 0.417 e. The number of fused-ring (bicyclic) bond motifs is 1. The summed E-state index contributed by atoms with van der Waals surface area (Å²) >= 11 is 0. The van der Waals surface area contributed by atoms with Gasteiger partial charge >= 0.3 is 6.18 Å². The second kappa shape index (κ2) is 6.29. The Bertz CT molecular complexity index is 514. The molecule has 22 heavy (non-hydrogen) atoms. The number of nitrogens with one attached hydrogen (secondary N) is 1. The van der Waals surface area contributed by atoms with Crippen molar-refractivity contribution in [3.05, 3.63) is 29.6 Å². The highest BCUT2D eigenvalue weighted by atomic mass is 35.5. The van der Waals surface area contributed by atoms with Gasteiger partial charge < -0.3 is 15.2 Å². The number of halogens is 4. The maximum atomic E-state index is 12.5. The number of alkyl halides is 3. The number of morpholine rings is 1. The molecule has 2 N–H and O–H groups in total. The minimum atomic E-state index is -4.44. The lowest BCUT2D eigenvalue weighted by Crippen LogP contribution is -2.62. The van der Waals surface area contributed by atoms with Gasteiger partial charge in [-0.3, -0.25) is 9.88 Å². The van der Waals surface area contributed by atoms with E-state index < -0.39 is 17.5 Å². The average Bonchev–Trinajstić information content (AvgIpc) is 2.46. The molecule has 0 radical (unpaired) electrons. The fraction of sp³-hybridized carbons (Fsp3) is 0.615. The molecule has 0 unspecified atom stereocenters. The van der Waals surface area contributed by atoms with Crippen molar-refractivity contribution in [1.82, 2.24) is 15.2 Å². The summed E-state index contributed by atoms with van der Waals surface area (Å²) in [5.74, 6) is -1.65. The predicted octanol–water partition coefficient (Wildman–Crippen LogP) is 0.971. The van der Waals surface area contributed by atoms with Crippen LogP contribution in [0.3, 0.4) is 0 Å². The Balaban J connectivity index is 0.00000176. The van der Waals surface area contributed by atoms with E-state index >= 15 is 0 Å². The lowest BCUT2D eigenvalue weighted by atomic mass is 10.0. The Labute approximate surface area is 131 Å². The zero-order valence-electron chi connectivity index (χ0n) is 11.6. The maximum Gasteiger partial charge on any atom is 0.417 e. The monoisotopic (exact) mass is 339 g/mol. The number of aliphatic hydroxyl groups is 1. The smallest absolute Gasteiger partial charge is 0.360 e. The normalized spacial score (nSPS) is 29.5. The molecule has 2 atom stereocenters. The van der Waals surface area contributed by atoms with Crippen LogP contribution in [0, 0.1) is 0 Å². The van der Waals surface area contributed by atoms with E-state index in [0.29, 0.717) is 6.61 Å². The Morgan fingerprint density at radius 1 is 1.41 bits per heavy atom. The summed E-state index contributed by atoms with van der Waals surface area (Å²) in [6, 6.07) is 2.26. The van der Waals surface area contributed by atoms with Gasteiger partial charge in [0.05, 0.1) is 18.7 Å². The first-order valence-corrected chi connectivity index (χ1v) is 6.73. The maximum absolute atomic E-state index is 12.5. The molecule has 0 saturated carbocycles. The van der Waals surface area contributed by atoms with Crippen LogP contribution in [0.25, 0.3) is 0 Å². The molecule has 1 aromatic heterocycles. The van der Waals surface area contributed by atoms with Gasteiger partial charge in [0.1, 0.15) is 5.69 Å². The van der Waals surface area contributed by atoms with E-state index in [9.17, 15) is 18.3 Å². The lowest BCUT2D eigenvalue weighted by molar-refractivity contribution is -0.265. The molecule has 0 bridgehead atoms. The molecule has 124 valence electrons. The summed E-state index contributed by atoms with van der Waals surface area (Å²) in [5.41, 5.74) is -0.738. The van der Waals surface area contributed by atoms with Crippen LogP contribution in [-0.4, -0.2) is 53.8 Å². The molecular formula is C13H17ClF3N3O2. The molecule has 0 spiro atoms. The molecule has 3 rings (SSSR count). The van der Waals surface area contributed by atoms with Gasteiger partial charge in [0.15, 0.2) is 0 Å². The summed E-state index contributed by atoms with van der Waals surface area (Å²) in [5, 5.41) is 13.8. The van der Waals surface area contributed by atoms with Crippen molar-refractivity contribution in [1.29, 1.82) is 0 Å². The number of nitrogens with zero attached hydrogens (tertiary/aromatic N) is 2. The third-order valence-corrected chi connectivity index (χ3v) is 3.90. The number of hydrogen-bond acceptors (Lipinski definition) is 5. The highest BCUT2D eigenvalue weighted by Crippen LogP contribution is 2.32. The van der Waals surface area contributed by atoms with Crippen LogP contribution >= 0.6 is 12.4 Å². The van der Waals surface area contributed by atoms with Gasteiger partial charge in [-0.1, -0.05) is 0 Å². The molecule has 5 nitrogen and oxygen atoms in total. The van der Waals surface area contributed by atoms with Gasteiger partial charge in [-0.05, 0) is 12.1 Å². The Kier molecular flexibility index (Phi) is 4.98. The minimum Gasteiger partial charge on any atom is -0.360 e.